The van der Waals surface area contributed by atoms with Crippen LogP contribution >= 0.6 is 0 Å². The number of hydrogen-bond donors (Lipinski definition) is 1. The quantitative estimate of drug-likeness (QED) is 0.424. The topological polar surface area (TPSA) is 49.0 Å². The molecule has 0 aromatic heterocycles. The second kappa shape index (κ2) is 13.1. The van der Waals surface area contributed by atoms with E-state index < -0.39 is 11.8 Å². The van der Waals surface area contributed by atoms with Gasteiger partial charge < -0.3 is 18.9 Å². The Balaban J connectivity index is 5.39. The van der Waals surface area contributed by atoms with Crippen LogP contribution in [0.25, 0.3) is 0 Å². The lowest BCUT2D eigenvalue weighted by molar-refractivity contribution is -0.346. The van der Waals surface area contributed by atoms with Gasteiger partial charge in [0.2, 0.25) is 11.8 Å². The fraction of sp³-hybridized carbons (Fsp3) is 1.00. The van der Waals surface area contributed by atoms with Crippen molar-refractivity contribution in [3.05, 3.63) is 0 Å². The molecule has 0 aromatic carbocycles. The van der Waals surface area contributed by atoms with E-state index in [4.69, 9.17) is 18.9 Å². The van der Waals surface area contributed by atoms with Crippen molar-refractivity contribution in [2.24, 2.45) is 0 Å². The summed E-state index contributed by atoms with van der Waals surface area (Å²) in [6, 6.07) is 0. The molecule has 0 aliphatic rings. The minimum Gasteiger partial charge on any atom is -0.338 e. The SMILES string of the molecule is CCCOC(CCC)(NC(CCC)(OCC)OCCC)OCC. The standard InChI is InChI=1S/C18H39NO4/c1-7-13-17(20-11-5,22-15-9-3)19-18(14-8-2,21-12-6)23-16-10-4/h19H,7-16H2,1-6H3. The molecule has 5 heteroatoms. The average molecular weight is 334 g/mol. The molecule has 2 unspecified atom stereocenters. The van der Waals surface area contributed by atoms with Crippen molar-refractivity contribution in [3.63, 3.8) is 0 Å². The second-order valence-corrected chi connectivity index (χ2v) is 5.69. The third-order valence-electron chi connectivity index (χ3n) is 3.37. The van der Waals surface area contributed by atoms with Gasteiger partial charge in [-0.3, -0.25) is 0 Å². The van der Waals surface area contributed by atoms with Gasteiger partial charge in [0.15, 0.2) is 0 Å². The Hall–Kier alpha value is -0.200. The Kier molecular flexibility index (Phi) is 13.0. The van der Waals surface area contributed by atoms with Crippen molar-refractivity contribution >= 4 is 0 Å². The van der Waals surface area contributed by atoms with Crippen LogP contribution in [0.4, 0.5) is 0 Å². The summed E-state index contributed by atoms with van der Waals surface area (Å²) in [5, 5.41) is 3.47. The van der Waals surface area contributed by atoms with Crippen molar-refractivity contribution in [3.8, 4) is 0 Å². The largest absolute Gasteiger partial charge is 0.338 e. The molecule has 0 aliphatic carbocycles. The zero-order valence-corrected chi connectivity index (χ0v) is 16.2. The molecule has 0 saturated heterocycles. The summed E-state index contributed by atoms with van der Waals surface area (Å²) >= 11 is 0. The summed E-state index contributed by atoms with van der Waals surface area (Å²) in [5.41, 5.74) is 0. The minimum absolute atomic E-state index is 0.568. The molecule has 0 rings (SSSR count). The summed E-state index contributed by atoms with van der Waals surface area (Å²) in [5.74, 6) is -1.73. The number of ether oxygens (including phenoxy) is 4. The van der Waals surface area contributed by atoms with E-state index in [0.717, 1.165) is 38.5 Å². The number of nitrogens with one attached hydrogen (secondary N) is 1. The highest BCUT2D eigenvalue weighted by atomic mass is 16.8. The summed E-state index contributed by atoms with van der Waals surface area (Å²) in [6.45, 7) is 14.8. The lowest BCUT2D eigenvalue weighted by Crippen LogP contribution is -2.63. The maximum Gasteiger partial charge on any atom is 0.231 e. The van der Waals surface area contributed by atoms with Crippen LogP contribution in [0.15, 0.2) is 0 Å². The molecule has 0 heterocycles. The van der Waals surface area contributed by atoms with Crippen molar-refractivity contribution in [2.45, 2.75) is 91.9 Å². The molecule has 140 valence electrons. The van der Waals surface area contributed by atoms with E-state index in [1.54, 1.807) is 0 Å². The normalized spacial score (nSPS) is 17.0. The van der Waals surface area contributed by atoms with E-state index in [1.807, 2.05) is 13.8 Å². The van der Waals surface area contributed by atoms with Crippen LogP contribution in [-0.2, 0) is 18.9 Å². The monoisotopic (exact) mass is 333 g/mol. The highest BCUT2D eigenvalue weighted by molar-refractivity contribution is 4.77. The molecule has 5 nitrogen and oxygen atoms in total. The fourth-order valence-corrected chi connectivity index (χ4v) is 2.59. The van der Waals surface area contributed by atoms with Gasteiger partial charge in [-0.05, 0) is 39.5 Å². The molecule has 23 heavy (non-hydrogen) atoms. The molecular formula is C18H39NO4. The van der Waals surface area contributed by atoms with Gasteiger partial charge in [-0.1, -0.05) is 27.7 Å². The highest BCUT2D eigenvalue weighted by Gasteiger charge is 2.42. The van der Waals surface area contributed by atoms with Crippen molar-refractivity contribution in [1.29, 1.82) is 0 Å². The maximum absolute atomic E-state index is 6.09. The minimum atomic E-state index is -0.864. The molecule has 0 fully saturated rings. The fourth-order valence-electron chi connectivity index (χ4n) is 2.59. The first-order valence-corrected chi connectivity index (χ1v) is 9.42. The van der Waals surface area contributed by atoms with Crippen LogP contribution in [0.3, 0.4) is 0 Å². The summed E-state index contributed by atoms with van der Waals surface area (Å²) < 4.78 is 24.2. The van der Waals surface area contributed by atoms with E-state index in [1.165, 1.54) is 0 Å². The predicted octanol–water partition coefficient (Wildman–Crippen LogP) is 4.41. The van der Waals surface area contributed by atoms with E-state index in [2.05, 4.69) is 33.0 Å². The van der Waals surface area contributed by atoms with Gasteiger partial charge in [0.05, 0.1) is 13.2 Å². The van der Waals surface area contributed by atoms with Crippen LogP contribution in [-0.4, -0.2) is 38.2 Å². The van der Waals surface area contributed by atoms with Gasteiger partial charge in [0.25, 0.3) is 0 Å². The van der Waals surface area contributed by atoms with E-state index in [9.17, 15) is 0 Å². The van der Waals surface area contributed by atoms with Crippen LogP contribution in [0.2, 0.25) is 0 Å². The lowest BCUT2D eigenvalue weighted by atomic mass is 10.2. The number of rotatable bonds is 16. The number of hydrogen-bond acceptors (Lipinski definition) is 5. The molecule has 0 radical (unpaired) electrons. The molecule has 2 atom stereocenters. The first-order chi connectivity index (χ1) is 11.1. The Morgan fingerprint density at radius 2 is 0.957 bits per heavy atom. The Bertz CT molecular complexity index is 236. The zero-order chi connectivity index (χ0) is 17.6. The highest BCUT2D eigenvalue weighted by Crippen LogP contribution is 2.27. The van der Waals surface area contributed by atoms with E-state index >= 15 is 0 Å². The molecule has 0 aliphatic heterocycles. The molecular weight excluding hydrogens is 294 g/mol. The van der Waals surface area contributed by atoms with Gasteiger partial charge in [-0.25, -0.2) is 5.32 Å². The predicted molar refractivity (Wildman–Crippen MR) is 94.2 cm³/mol. The molecule has 1 N–H and O–H groups in total. The van der Waals surface area contributed by atoms with Crippen molar-refractivity contribution in [2.75, 3.05) is 26.4 Å². The lowest BCUT2D eigenvalue weighted by Gasteiger charge is -2.43. The Labute approximate surface area is 143 Å². The van der Waals surface area contributed by atoms with Gasteiger partial charge in [0, 0.05) is 26.1 Å². The first-order valence-electron chi connectivity index (χ1n) is 9.42. The molecule has 0 spiro atoms. The van der Waals surface area contributed by atoms with E-state index in [-0.39, 0.29) is 0 Å². The summed E-state index contributed by atoms with van der Waals surface area (Å²) in [4.78, 5) is 0. The summed E-state index contributed by atoms with van der Waals surface area (Å²) in [7, 11) is 0. The van der Waals surface area contributed by atoms with Crippen molar-refractivity contribution in [1.82, 2.24) is 5.32 Å². The molecule has 0 saturated carbocycles. The maximum atomic E-state index is 6.09. The van der Waals surface area contributed by atoms with Crippen molar-refractivity contribution < 1.29 is 18.9 Å². The van der Waals surface area contributed by atoms with Crippen LogP contribution in [0.5, 0.6) is 0 Å². The third-order valence-corrected chi connectivity index (χ3v) is 3.37. The molecule has 0 amide bonds. The van der Waals surface area contributed by atoms with Crippen LogP contribution in [0, 0.1) is 0 Å². The Morgan fingerprint density at radius 3 is 1.22 bits per heavy atom. The zero-order valence-electron chi connectivity index (χ0n) is 16.2. The first kappa shape index (κ1) is 22.8. The van der Waals surface area contributed by atoms with Gasteiger partial charge in [-0.15, -0.1) is 0 Å². The van der Waals surface area contributed by atoms with Crippen LogP contribution in [0.1, 0.15) is 80.1 Å². The second-order valence-electron chi connectivity index (χ2n) is 5.69. The van der Waals surface area contributed by atoms with Crippen LogP contribution < -0.4 is 5.32 Å². The van der Waals surface area contributed by atoms with Gasteiger partial charge in [-0.2, -0.15) is 0 Å². The third kappa shape index (κ3) is 8.45. The molecule has 0 bridgehead atoms. The molecule has 0 aromatic rings. The average Bonchev–Trinajstić information content (AvgIpc) is 2.52. The summed E-state index contributed by atoms with van der Waals surface area (Å²) in [6.07, 6.45) is 5.25. The van der Waals surface area contributed by atoms with Gasteiger partial charge in [0.1, 0.15) is 0 Å². The smallest absolute Gasteiger partial charge is 0.231 e. The van der Waals surface area contributed by atoms with Gasteiger partial charge >= 0.3 is 0 Å². The Morgan fingerprint density at radius 1 is 0.565 bits per heavy atom. The van der Waals surface area contributed by atoms with E-state index in [0.29, 0.717) is 26.4 Å².